The summed E-state index contributed by atoms with van der Waals surface area (Å²) in [5, 5.41) is 9.53. The molecule has 0 aliphatic carbocycles. The number of para-hydroxylation sites is 1. The van der Waals surface area contributed by atoms with Crippen molar-refractivity contribution in [2.75, 3.05) is 13.6 Å². The Balaban J connectivity index is 2.28. The number of amides is 1. The number of aliphatic carboxylic acids is 1. The van der Waals surface area contributed by atoms with E-state index in [4.69, 9.17) is 5.11 Å². The summed E-state index contributed by atoms with van der Waals surface area (Å²) in [5.74, 6) is -1.14. The Labute approximate surface area is 110 Å². The fourth-order valence-electron chi connectivity index (χ4n) is 1.85. The Bertz CT molecular complexity index is 620. The van der Waals surface area contributed by atoms with Crippen molar-refractivity contribution < 1.29 is 14.7 Å². The van der Waals surface area contributed by atoms with E-state index in [1.54, 1.807) is 25.4 Å². The van der Waals surface area contributed by atoms with Crippen LogP contribution in [0.3, 0.4) is 0 Å². The third-order valence-corrected chi connectivity index (χ3v) is 2.87. The van der Waals surface area contributed by atoms with Gasteiger partial charge in [0.05, 0.1) is 17.5 Å². The average Bonchev–Trinajstić information content (AvgIpc) is 2.43. The molecule has 19 heavy (non-hydrogen) atoms. The number of pyridine rings is 1. The highest BCUT2D eigenvalue weighted by atomic mass is 16.4. The number of carbonyl (C=O) groups excluding carboxylic acids is 1. The number of fused-ring (bicyclic) bond motifs is 1. The van der Waals surface area contributed by atoms with Gasteiger partial charge in [-0.1, -0.05) is 18.2 Å². The van der Waals surface area contributed by atoms with Crippen molar-refractivity contribution in [3.8, 4) is 0 Å². The van der Waals surface area contributed by atoms with E-state index in [0.717, 1.165) is 5.39 Å². The summed E-state index contributed by atoms with van der Waals surface area (Å²) in [7, 11) is 1.59. The first-order valence-corrected chi connectivity index (χ1v) is 5.90. The molecule has 98 valence electrons. The Kier molecular flexibility index (Phi) is 3.75. The fourth-order valence-corrected chi connectivity index (χ4v) is 1.85. The molecule has 1 heterocycles. The SMILES string of the molecule is CN(CCC(=O)O)C(=O)c1cccc2cccnc12. The van der Waals surface area contributed by atoms with E-state index in [0.29, 0.717) is 11.1 Å². The van der Waals surface area contributed by atoms with Crippen LogP contribution in [0, 0.1) is 0 Å². The number of carbonyl (C=O) groups is 2. The topological polar surface area (TPSA) is 70.5 Å². The van der Waals surface area contributed by atoms with Gasteiger partial charge in [0, 0.05) is 25.2 Å². The maximum Gasteiger partial charge on any atom is 0.305 e. The summed E-state index contributed by atoms with van der Waals surface area (Å²) in [6.45, 7) is 0.178. The van der Waals surface area contributed by atoms with Crippen LogP contribution in [0.2, 0.25) is 0 Å². The van der Waals surface area contributed by atoms with Crippen molar-refractivity contribution in [2.45, 2.75) is 6.42 Å². The lowest BCUT2D eigenvalue weighted by molar-refractivity contribution is -0.137. The van der Waals surface area contributed by atoms with E-state index in [1.165, 1.54) is 4.90 Å². The van der Waals surface area contributed by atoms with Crippen molar-refractivity contribution in [2.24, 2.45) is 0 Å². The number of benzene rings is 1. The molecule has 1 N–H and O–H groups in total. The van der Waals surface area contributed by atoms with Gasteiger partial charge in [-0.25, -0.2) is 0 Å². The first-order valence-electron chi connectivity index (χ1n) is 5.90. The van der Waals surface area contributed by atoms with Crippen LogP contribution in [0.4, 0.5) is 0 Å². The maximum atomic E-state index is 12.3. The van der Waals surface area contributed by atoms with Crippen molar-refractivity contribution in [1.29, 1.82) is 0 Å². The van der Waals surface area contributed by atoms with Gasteiger partial charge in [-0.15, -0.1) is 0 Å². The molecule has 2 aromatic rings. The van der Waals surface area contributed by atoms with Gasteiger partial charge >= 0.3 is 5.97 Å². The number of carboxylic acids is 1. The Morgan fingerprint density at radius 3 is 2.74 bits per heavy atom. The van der Waals surface area contributed by atoms with Crippen molar-refractivity contribution in [1.82, 2.24) is 9.88 Å². The van der Waals surface area contributed by atoms with E-state index < -0.39 is 5.97 Å². The Morgan fingerprint density at radius 1 is 1.26 bits per heavy atom. The predicted octanol–water partition coefficient (Wildman–Crippen LogP) is 1.78. The second-order valence-electron chi connectivity index (χ2n) is 4.25. The lowest BCUT2D eigenvalue weighted by Crippen LogP contribution is -2.29. The normalized spacial score (nSPS) is 10.4. The van der Waals surface area contributed by atoms with E-state index in [1.807, 2.05) is 18.2 Å². The Hall–Kier alpha value is -2.43. The highest BCUT2D eigenvalue weighted by Crippen LogP contribution is 2.17. The smallest absolute Gasteiger partial charge is 0.305 e. The van der Waals surface area contributed by atoms with Crippen LogP contribution < -0.4 is 0 Å². The predicted molar refractivity (Wildman–Crippen MR) is 71.0 cm³/mol. The minimum atomic E-state index is -0.921. The minimum absolute atomic E-state index is 0.0690. The van der Waals surface area contributed by atoms with Crippen molar-refractivity contribution in [3.05, 3.63) is 42.1 Å². The number of aromatic nitrogens is 1. The van der Waals surface area contributed by atoms with Crippen LogP contribution in [0.1, 0.15) is 16.8 Å². The molecule has 2 rings (SSSR count). The summed E-state index contributed by atoms with van der Waals surface area (Å²) in [4.78, 5) is 28.4. The third-order valence-electron chi connectivity index (χ3n) is 2.87. The number of rotatable bonds is 4. The van der Waals surface area contributed by atoms with Gasteiger partial charge in [0.2, 0.25) is 0 Å². The minimum Gasteiger partial charge on any atom is -0.481 e. The van der Waals surface area contributed by atoms with Crippen LogP contribution in [0.5, 0.6) is 0 Å². The highest BCUT2D eigenvalue weighted by Gasteiger charge is 2.15. The largest absolute Gasteiger partial charge is 0.481 e. The zero-order chi connectivity index (χ0) is 13.8. The first kappa shape index (κ1) is 13.0. The van der Waals surface area contributed by atoms with Crippen LogP contribution in [0.15, 0.2) is 36.5 Å². The van der Waals surface area contributed by atoms with Gasteiger partial charge in [-0.05, 0) is 12.1 Å². The molecule has 0 fully saturated rings. The average molecular weight is 258 g/mol. The molecule has 0 spiro atoms. The van der Waals surface area contributed by atoms with Gasteiger partial charge in [-0.3, -0.25) is 14.6 Å². The monoisotopic (exact) mass is 258 g/mol. The molecule has 0 aliphatic rings. The maximum absolute atomic E-state index is 12.3. The van der Waals surface area contributed by atoms with Crippen molar-refractivity contribution in [3.63, 3.8) is 0 Å². The fraction of sp³-hybridized carbons (Fsp3) is 0.214. The molecule has 5 heteroatoms. The van der Waals surface area contributed by atoms with Crippen LogP contribution in [-0.4, -0.2) is 40.5 Å². The third kappa shape index (κ3) is 2.88. The molecule has 1 aromatic carbocycles. The van der Waals surface area contributed by atoms with Gasteiger partial charge in [0.25, 0.3) is 5.91 Å². The molecule has 0 aliphatic heterocycles. The molecule has 0 unspecified atom stereocenters. The molecular formula is C14H14N2O3. The molecule has 0 saturated heterocycles. The molecule has 0 bridgehead atoms. The van der Waals surface area contributed by atoms with Gasteiger partial charge in [0.1, 0.15) is 0 Å². The van der Waals surface area contributed by atoms with E-state index in [2.05, 4.69) is 4.98 Å². The highest BCUT2D eigenvalue weighted by molar-refractivity contribution is 6.05. The molecule has 1 aromatic heterocycles. The number of nitrogens with zero attached hydrogens (tertiary/aromatic N) is 2. The first-order chi connectivity index (χ1) is 9.09. The lowest BCUT2D eigenvalue weighted by atomic mass is 10.1. The summed E-state index contributed by atoms with van der Waals surface area (Å²) in [6, 6.07) is 9.08. The molecule has 0 atom stereocenters. The second kappa shape index (κ2) is 5.48. The number of carboxylic acid groups (broad SMARTS) is 1. The molecule has 5 nitrogen and oxygen atoms in total. The zero-order valence-electron chi connectivity index (χ0n) is 10.5. The van der Waals surface area contributed by atoms with E-state index >= 15 is 0 Å². The quantitative estimate of drug-likeness (QED) is 0.907. The molecular weight excluding hydrogens is 244 g/mol. The van der Waals surface area contributed by atoms with E-state index in [-0.39, 0.29) is 18.9 Å². The van der Waals surface area contributed by atoms with Crippen LogP contribution in [0.25, 0.3) is 10.9 Å². The summed E-state index contributed by atoms with van der Waals surface area (Å²) in [5.41, 5.74) is 1.13. The number of hydrogen-bond donors (Lipinski definition) is 1. The summed E-state index contributed by atoms with van der Waals surface area (Å²) >= 11 is 0. The lowest BCUT2D eigenvalue weighted by Gasteiger charge is -2.16. The Morgan fingerprint density at radius 2 is 2.00 bits per heavy atom. The second-order valence-corrected chi connectivity index (χ2v) is 4.25. The molecule has 1 amide bonds. The van der Waals surface area contributed by atoms with E-state index in [9.17, 15) is 9.59 Å². The van der Waals surface area contributed by atoms with Gasteiger partial charge in [0.15, 0.2) is 0 Å². The van der Waals surface area contributed by atoms with Crippen molar-refractivity contribution >= 4 is 22.8 Å². The molecule has 0 saturated carbocycles. The van der Waals surface area contributed by atoms with Gasteiger partial charge in [-0.2, -0.15) is 0 Å². The summed E-state index contributed by atoms with van der Waals surface area (Å²) in [6.07, 6.45) is 1.57. The molecule has 0 radical (unpaired) electrons. The summed E-state index contributed by atoms with van der Waals surface area (Å²) < 4.78 is 0. The van der Waals surface area contributed by atoms with Crippen LogP contribution >= 0.6 is 0 Å². The van der Waals surface area contributed by atoms with Gasteiger partial charge < -0.3 is 10.0 Å². The van der Waals surface area contributed by atoms with Crippen LogP contribution in [-0.2, 0) is 4.79 Å². The zero-order valence-corrected chi connectivity index (χ0v) is 10.5. The number of hydrogen-bond acceptors (Lipinski definition) is 3. The standard InChI is InChI=1S/C14H14N2O3/c1-16(9-7-12(17)18)14(19)11-6-2-4-10-5-3-8-15-13(10)11/h2-6,8H,7,9H2,1H3,(H,17,18).